The van der Waals surface area contributed by atoms with E-state index in [0.717, 1.165) is 21.8 Å². The van der Waals surface area contributed by atoms with E-state index in [4.69, 9.17) is 17.3 Å². The lowest BCUT2D eigenvalue weighted by Gasteiger charge is -2.47. The van der Waals surface area contributed by atoms with Crippen molar-refractivity contribution < 1.29 is 5.11 Å². The van der Waals surface area contributed by atoms with E-state index in [9.17, 15) is 5.11 Å². The van der Waals surface area contributed by atoms with Crippen LogP contribution in [-0.2, 0) is 5.04 Å². The summed E-state index contributed by atoms with van der Waals surface area (Å²) in [5.74, 6) is 0. The van der Waals surface area contributed by atoms with Crippen LogP contribution in [0.1, 0.15) is 31.9 Å². The summed E-state index contributed by atoms with van der Waals surface area (Å²) in [5.41, 5.74) is 8.74. The summed E-state index contributed by atoms with van der Waals surface area (Å²) in [7, 11) is -1.23. The van der Waals surface area contributed by atoms with Crippen LogP contribution in [0.4, 0.5) is 5.69 Å². The summed E-state index contributed by atoms with van der Waals surface area (Å²) in [6.07, 6.45) is 0. The first kappa shape index (κ1) is 16.5. The number of aliphatic hydroxyl groups is 1. The molecule has 0 spiro atoms. The summed E-state index contributed by atoms with van der Waals surface area (Å²) >= 11 is 6.47. The van der Waals surface area contributed by atoms with Crippen molar-refractivity contribution in [3.8, 4) is 0 Å². The van der Waals surface area contributed by atoms with Gasteiger partial charge in [0.1, 0.15) is 0 Å². The van der Waals surface area contributed by atoms with Crippen molar-refractivity contribution >= 4 is 26.1 Å². The zero-order chi connectivity index (χ0) is 15.0. The van der Waals surface area contributed by atoms with Crippen molar-refractivity contribution in [1.82, 2.24) is 0 Å². The highest BCUT2D eigenvalue weighted by atomic mass is 35.5. The largest absolute Gasteiger partial charge is 0.399 e. The molecule has 0 heterocycles. The molecule has 0 saturated carbocycles. The molecule has 1 aromatic rings. The number of halogens is 1. The number of aryl methyl sites for hydroxylation is 1. The topological polar surface area (TPSA) is 46.2 Å². The molecule has 0 aliphatic heterocycles. The van der Waals surface area contributed by atoms with E-state index in [1.54, 1.807) is 0 Å². The van der Waals surface area contributed by atoms with E-state index in [1.165, 1.54) is 0 Å². The van der Waals surface area contributed by atoms with Crippen molar-refractivity contribution in [3.63, 3.8) is 0 Å². The molecule has 108 valence electrons. The summed E-state index contributed by atoms with van der Waals surface area (Å²) in [6.45, 7) is 13.1. The number of nitrogens with two attached hydrogens (primary N) is 1. The predicted octanol–water partition coefficient (Wildman–Crippen LogP) is 3.53. The molecule has 1 atom stereocenters. The van der Waals surface area contributed by atoms with Crippen LogP contribution in [0.2, 0.25) is 18.1 Å². The lowest BCUT2D eigenvalue weighted by atomic mass is 9.75. The smallest absolute Gasteiger partial charge is 0.0505 e. The maximum Gasteiger partial charge on any atom is 0.0505 e. The van der Waals surface area contributed by atoms with Crippen LogP contribution in [0, 0.1) is 12.3 Å². The molecule has 1 rings (SSSR count). The third-order valence-corrected chi connectivity index (χ3v) is 8.05. The van der Waals surface area contributed by atoms with Gasteiger partial charge in [-0.15, -0.1) is 0 Å². The highest BCUT2D eigenvalue weighted by Gasteiger charge is 2.47. The van der Waals surface area contributed by atoms with Gasteiger partial charge in [-0.25, -0.2) is 0 Å². The van der Waals surface area contributed by atoms with Gasteiger partial charge in [0, 0.05) is 24.5 Å². The molecule has 0 radical (unpaired) electrons. The Morgan fingerprint density at radius 1 is 1.26 bits per heavy atom. The third-order valence-electron chi connectivity index (χ3n) is 4.41. The second-order valence-electron chi connectivity index (χ2n) is 6.72. The van der Waals surface area contributed by atoms with E-state index >= 15 is 0 Å². The SMILES string of the molecule is Cc1cc(Cl)c(C(CO)([SiH](C)C)C(C)(C)C)cc1N. The Morgan fingerprint density at radius 2 is 1.79 bits per heavy atom. The summed E-state index contributed by atoms with van der Waals surface area (Å²) in [5, 5.41) is 10.6. The molecule has 0 amide bonds. The van der Waals surface area contributed by atoms with Gasteiger partial charge in [0.2, 0.25) is 0 Å². The molecule has 2 nitrogen and oxygen atoms in total. The first-order chi connectivity index (χ1) is 8.57. The highest BCUT2D eigenvalue weighted by Crippen LogP contribution is 2.46. The lowest BCUT2D eigenvalue weighted by Crippen LogP contribution is -2.53. The summed E-state index contributed by atoms with van der Waals surface area (Å²) < 4.78 is 0. The second-order valence-corrected chi connectivity index (χ2v) is 10.4. The number of hydrogen-bond acceptors (Lipinski definition) is 2. The van der Waals surface area contributed by atoms with Crippen LogP contribution >= 0.6 is 11.6 Å². The van der Waals surface area contributed by atoms with Crippen LogP contribution in [0.5, 0.6) is 0 Å². The number of anilines is 1. The Kier molecular flexibility index (Phi) is 4.76. The van der Waals surface area contributed by atoms with Gasteiger partial charge in [-0.2, -0.15) is 0 Å². The molecule has 4 heteroatoms. The molecule has 0 bridgehead atoms. The molecule has 0 aliphatic carbocycles. The minimum absolute atomic E-state index is 0.0620. The number of rotatable bonds is 3. The van der Waals surface area contributed by atoms with Gasteiger partial charge >= 0.3 is 0 Å². The monoisotopic (exact) mass is 299 g/mol. The van der Waals surface area contributed by atoms with Gasteiger partial charge in [0.15, 0.2) is 0 Å². The zero-order valence-corrected chi connectivity index (χ0v) is 14.8. The van der Waals surface area contributed by atoms with Crippen LogP contribution in [0.15, 0.2) is 12.1 Å². The van der Waals surface area contributed by atoms with Crippen molar-refractivity contribution in [2.24, 2.45) is 5.41 Å². The van der Waals surface area contributed by atoms with Gasteiger partial charge in [0.05, 0.1) is 6.61 Å². The van der Waals surface area contributed by atoms with Crippen molar-refractivity contribution in [3.05, 3.63) is 28.3 Å². The minimum Gasteiger partial charge on any atom is -0.399 e. The van der Waals surface area contributed by atoms with Crippen molar-refractivity contribution in [1.29, 1.82) is 0 Å². The fourth-order valence-corrected chi connectivity index (χ4v) is 6.55. The van der Waals surface area contributed by atoms with E-state index in [2.05, 4.69) is 33.9 Å². The summed E-state index contributed by atoms with van der Waals surface area (Å²) in [6, 6.07) is 3.88. The maximum absolute atomic E-state index is 10.2. The molecule has 1 unspecified atom stereocenters. The van der Waals surface area contributed by atoms with Gasteiger partial charge in [-0.3, -0.25) is 0 Å². The normalized spacial score (nSPS) is 15.6. The molecule has 1 aromatic carbocycles. The van der Waals surface area contributed by atoms with E-state index in [1.807, 2.05) is 19.1 Å². The lowest BCUT2D eigenvalue weighted by molar-refractivity contribution is 0.149. The van der Waals surface area contributed by atoms with Crippen LogP contribution < -0.4 is 5.73 Å². The second kappa shape index (κ2) is 5.47. The zero-order valence-electron chi connectivity index (χ0n) is 12.8. The molecular weight excluding hydrogens is 274 g/mol. The van der Waals surface area contributed by atoms with Gasteiger partial charge in [0.25, 0.3) is 0 Å². The molecule has 0 aliphatic rings. The first-order valence-electron chi connectivity index (χ1n) is 6.75. The van der Waals surface area contributed by atoms with Crippen LogP contribution in [-0.4, -0.2) is 20.5 Å². The standard InChI is InChI=1S/C15H26ClNOSi/c1-10-7-12(16)11(8-13(10)17)15(9-18,19(5)6)14(2,3)4/h7-8,18-19H,9,17H2,1-6H3. The quantitative estimate of drug-likeness (QED) is 0.662. The Hall–Kier alpha value is -0.513. The van der Waals surface area contributed by atoms with E-state index in [-0.39, 0.29) is 17.1 Å². The molecular formula is C15H26ClNOSi. The summed E-state index contributed by atoms with van der Waals surface area (Å²) in [4.78, 5) is 0. The average Bonchev–Trinajstić information content (AvgIpc) is 2.24. The third kappa shape index (κ3) is 2.69. The molecule has 0 saturated heterocycles. The molecule has 0 fully saturated rings. The minimum atomic E-state index is -1.23. The number of hydrogen-bond donors (Lipinski definition) is 2. The number of nitrogen functional groups attached to an aromatic ring is 1. The molecule has 19 heavy (non-hydrogen) atoms. The Labute approximate surface area is 123 Å². The predicted molar refractivity (Wildman–Crippen MR) is 87.7 cm³/mol. The average molecular weight is 300 g/mol. The fraction of sp³-hybridized carbons (Fsp3) is 0.600. The van der Waals surface area contributed by atoms with Crippen LogP contribution in [0.25, 0.3) is 0 Å². The van der Waals surface area contributed by atoms with Gasteiger partial charge < -0.3 is 10.8 Å². The maximum atomic E-state index is 10.2. The first-order valence-corrected chi connectivity index (χ1v) is 10.0. The van der Waals surface area contributed by atoms with Crippen molar-refractivity contribution in [2.75, 3.05) is 12.3 Å². The Morgan fingerprint density at radius 3 is 2.16 bits per heavy atom. The Balaban J connectivity index is 3.64. The molecule has 0 aromatic heterocycles. The van der Waals surface area contributed by atoms with Gasteiger partial charge in [-0.05, 0) is 35.6 Å². The van der Waals surface area contributed by atoms with Crippen molar-refractivity contribution in [2.45, 2.75) is 45.8 Å². The van der Waals surface area contributed by atoms with E-state index in [0.29, 0.717) is 0 Å². The fourth-order valence-electron chi connectivity index (χ4n) is 3.12. The number of aliphatic hydroxyl groups excluding tert-OH is 1. The van der Waals surface area contributed by atoms with Crippen LogP contribution in [0.3, 0.4) is 0 Å². The number of benzene rings is 1. The highest BCUT2D eigenvalue weighted by molar-refractivity contribution is 6.60. The Bertz CT molecular complexity index is 468. The molecule has 3 N–H and O–H groups in total. The van der Waals surface area contributed by atoms with E-state index < -0.39 is 8.80 Å². The van der Waals surface area contributed by atoms with Gasteiger partial charge in [-0.1, -0.05) is 45.5 Å².